The van der Waals surface area contributed by atoms with Gasteiger partial charge in [0, 0.05) is 32.2 Å². The molecule has 1 N–H and O–H groups in total. The molecule has 1 fully saturated rings. The highest BCUT2D eigenvalue weighted by Crippen LogP contribution is 2.43. The Morgan fingerprint density at radius 1 is 0.605 bits per heavy atom. The van der Waals surface area contributed by atoms with Gasteiger partial charge in [0.2, 0.25) is 0 Å². The van der Waals surface area contributed by atoms with Gasteiger partial charge in [0.05, 0.1) is 13.2 Å². The molecule has 0 radical (unpaired) electrons. The van der Waals surface area contributed by atoms with Gasteiger partial charge in [-0.25, -0.2) is 4.57 Å². The van der Waals surface area contributed by atoms with Crippen LogP contribution in [0.3, 0.4) is 0 Å². The summed E-state index contributed by atoms with van der Waals surface area (Å²) < 4.78 is 22.3. The molecule has 7 heteroatoms. The van der Waals surface area contributed by atoms with Gasteiger partial charge in [-0.05, 0) is 38.6 Å². The molecule has 0 aliphatic carbocycles. The molecule has 1 aliphatic heterocycles. The lowest BCUT2D eigenvalue weighted by atomic mass is 9.99. The van der Waals surface area contributed by atoms with Crippen molar-refractivity contribution in [2.45, 2.75) is 155 Å². The minimum absolute atomic E-state index is 0.307. The SMILES string of the molecule is CCCCCCCCCOP(=O)(O)OCCCCCCN1CCN(C(CCCCC)CCCCCC)CC1. The molecule has 1 saturated heterocycles. The number of nitrogens with zero attached hydrogens (tertiary/aromatic N) is 2. The molecule has 1 aliphatic rings. The second-order valence-corrected chi connectivity index (χ2v) is 13.0. The Balaban J connectivity index is 2.06. The van der Waals surface area contributed by atoms with Crippen molar-refractivity contribution in [2.24, 2.45) is 0 Å². The summed E-state index contributed by atoms with van der Waals surface area (Å²) in [5.41, 5.74) is 0. The Kier molecular flexibility index (Phi) is 23.5. The van der Waals surface area contributed by atoms with Crippen LogP contribution in [0, 0.1) is 0 Å². The van der Waals surface area contributed by atoms with E-state index in [0.717, 1.165) is 38.1 Å². The van der Waals surface area contributed by atoms with Crippen molar-refractivity contribution < 1.29 is 18.5 Å². The summed E-state index contributed by atoms with van der Waals surface area (Å²) in [6.45, 7) is 13.5. The van der Waals surface area contributed by atoms with Crippen molar-refractivity contribution in [3.8, 4) is 0 Å². The van der Waals surface area contributed by atoms with Crippen LogP contribution in [-0.4, -0.2) is 66.7 Å². The average Bonchev–Trinajstić information content (AvgIpc) is 2.91. The van der Waals surface area contributed by atoms with Gasteiger partial charge in [-0.15, -0.1) is 0 Å². The van der Waals surface area contributed by atoms with E-state index in [-0.39, 0.29) is 0 Å². The molecule has 1 heterocycles. The Labute approximate surface area is 237 Å². The van der Waals surface area contributed by atoms with Crippen molar-refractivity contribution >= 4 is 7.82 Å². The van der Waals surface area contributed by atoms with E-state index in [9.17, 15) is 9.46 Å². The highest BCUT2D eigenvalue weighted by atomic mass is 31.2. The smallest absolute Gasteiger partial charge is 0.302 e. The standard InChI is InChI=1S/C31H65N2O4P/c1-4-7-10-12-13-15-20-29-36-38(34,35)37-30-21-16-14-19-24-32-25-27-33(28-26-32)31(22-17-9-6-3)23-18-11-8-5-2/h31H,4-30H2,1-3H3,(H,34,35). The number of unbranched alkanes of at least 4 members (excludes halogenated alkanes) is 14. The van der Waals surface area contributed by atoms with Crippen LogP contribution in [0.25, 0.3) is 0 Å². The van der Waals surface area contributed by atoms with Gasteiger partial charge in [-0.1, -0.05) is 117 Å². The maximum Gasteiger partial charge on any atom is 0.472 e. The normalized spacial score (nSPS) is 17.6. The zero-order valence-corrected chi connectivity index (χ0v) is 26.6. The summed E-state index contributed by atoms with van der Waals surface area (Å²) >= 11 is 0. The fourth-order valence-electron chi connectivity index (χ4n) is 5.55. The highest BCUT2D eigenvalue weighted by Gasteiger charge is 2.23. The Morgan fingerprint density at radius 2 is 1.03 bits per heavy atom. The van der Waals surface area contributed by atoms with Crippen LogP contribution in [0.4, 0.5) is 0 Å². The molecule has 0 aromatic rings. The van der Waals surface area contributed by atoms with Crippen molar-refractivity contribution in [3.05, 3.63) is 0 Å². The molecule has 0 saturated carbocycles. The predicted octanol–water partition coefficient (Wildman–Crippen LogP) is 8.97. The third-order valence-corrected chi connectivity index (χ3v) is 9.10. The number of phosphoric acid groups is 1. The Morgan fingerprint density at radius 3 is 1.58 bits per heavy atom. The third-order valence-electron chi connectivity index (χ3n) is 8.08. The molecule has 0 bridgehead atoms. The predicted molar refractivity (Wildman–Crippen MR) is 163 cm³/mol. The number of phosphoric ester groups is 1. The molecular weight excluding hydrogens is 495 g/mol. The maximum absolute atomic E-state index is 12.0. The van der Waals surface area contributed by atoms with Crippen LogP contribution < -0.4 is 0 Å². The molecule has 2 unspecified atom stereocenters. The summed E-state index contributed by atoms with van der Waals surface area (Å²) in [5.74, 6) is 0. The Hall–Kier alpha value is 0.0300. The van der Waals surface area contributed by atoms with Crippen molar-refractivity contribution in [2.75, 3.05) is 45.9 Å². The van der Waals surface area contributed by atoms with Gasteiger partial charge >= 0.3 is 7.82 Å². The first kappa shape index (κ1) is 36.1. The molecule has 6 nitrogen and oxygen atoms in total. The van der Waals surface area contributed by atoms with Crippen LogP contribution in [0.15, 0.2) is 0 Å². The third kappa shape index (κ3) is 20.0. The molecular formula is C31H65N2O4P. The van der Waals surface area contributed by atoms with Crippen LogP contribution in [0.1, 0.15) is 149 Å². The Bertz CT molecular complexity index is 558. The lowest BCUT2D eigenvalue weighted by Gasteiger charge is -2.39. The first-order valence-electron chi connectivity index (χ1n) is 16.6. The van der Waals surface area contributed by atoms with Crippen molar-refractivity contribution in [1.29, 1.82) is 0 Å². The summed E-state index contributed by atoms with van der Waals surface area (Å²) in [7, 11) is -3.88. The fourth-order valence-corrected chi connectivity index (χ4v) is 6.34. The van der Waals surface area contributed by atoms with E-state index in [0.29, 0.717) is 13.2 Å². The second-order valence-electron chi connectivity index (χ2n) is 11.5. The molecule has 228 valence electrons. The molecule has 38 heavy (non-hydrogen) atoms. The first-order chi connectivity index (χ1) is 18.5. The zero-order valence-electron chi connectivity index (χ0n) is 25.7. The fraction of sp³-hybridized carbons (Fsp3) is 1.00. The van der Waals surface area contributed by atoms with Gasteiger partial charge in [0.25, 0.3) is 0 Å². The van der Waals surface area contributed by atoms with E-state index in [1.165, 1.54) is 129 Å². The van der Waals surface area contributed by atoms with Crippen molar-refractivity contribution in [1.82, 2.24) is 9.80 Å². The van der Waals surface area contributed by atoms with E-state index in [2.05, 4.69) is 30.6 Å². The lowest BCUT2D eigenvalue weighted by molar-refractivity contribution is 0.0845. The second kappa shape index (κ2) is 24.8. The van der Waals surface area contributed by atoms with Crippen LogP contribution in [0.5, 0.6) is 0 Å². The van der Waals surface area contributed by atoms with E-state index >= 15 is 0 Å². The van der Waals surface area contributed by atoms with E-state index in [1.54, 1.807) is 0 Å². The quantitative estimate of drug-likeness (QED) is 0.0799. The maximum atomic E-state index is 12.0. The van der Waals surface area contributed by atoms with E-state index in [4.69, 9.17) is 9.05 Å². The molecule has 2 atom stereocenters. The van der Waals surface area contributed by atoms with Gasteiger partial charge in [-0.3, -0.25) is 13.9 Å². The summed E-state index contributed by atoms with van der Waals surface area (Å²) in [6, 6.07) is 0.794. The van der Waals surface area contributed by atoms with Crippen LogP contribution >= 0.6 is 7.82 Å². The monoisotopic (exact) mass is 560 g/mol. The number of rotatable bonds is 27. The number of hydrogen-bond donors (Lipinski definition) is 1. The minimum Gasteiger partial charge on any atom is -0.302 e. The van der Waals surface area contributed by atoms with Crippen LogP contribution in [-0.2, 0) is 13.6 Å². The number of piperazine rings is 1. The van der Waals surface area contributed by atoms with E-state index < -0.39 is 7.82 Å². The topological polar surface area (TPSA) is 62.2 Å². The first-order valence-corrected chi connectivity index (χ1v) is 18.1. The minimum atomic E-state index is -3.88. The highest BCUT2D eigenvalue weighted by molar-refractivity contribution is 7.47. The van der Waals surface area contributed by atoms with Gasteiger partial charge in [0.1, 0.15) is 0 Å². The lowest BCUT2D eigenvalue weighted by Crippen LogP contribution is -2.50. The molecule has 0 amide bonds. The van der Waals surface area contributed by atoms with Crippen molar-refractivity contribution in [3.63, 3.8) is 0 Å². The van der Waals surface area contributed by atoms with Gasteiger partial charge in [-0.2, -0.15) is 0 Å². The number of hydrogen-bond acceptors (Lipinski definition) is 5. The average molecular weight is 561 g/mol. The molecule has 0 spiro atoms. The largest absolute Gasteiger partial charge is 0.472 e. The van der Waals surface area contributed by atoms with E-state index in [1.807, 2.05) is 0 Å². The van der Waals surface area contributed by atoms with Gasteiger partial charge < -0.3 is 9.79 Å². The van der Waals surface area contributed by atoms with Gasteiger partial charge in [0.15, 0.2) is 0 Å². The summed E-state index contributed by atoms with van der Waals surface area (Å²) in [6.07, 6.45) is 24.7. The molecule has 0 aromatic carbocycles. The summed E-state index contributed by atoms with van der Waals surface area (Å²) in [5, 5.41) is 0. The molecule has 0 aromatic heterocycles. The molecule has 1 rings (SSSR count). The van der Waals surface area contributed by atoms with Crippen LogP contribution in [0.2, 0.25) is 0 Å². The summed E-state index contributed by atoms with van der Waals surface area (Å²) in [4.78, 5) is 15.3. The zero-order chi connectivity index (χ0) is 27.7.